The predicted octanol–water partition coefficient (Wildman–Crippen LogP) is 2.45. The first-order valence-corrected chi connectivity index (χ1v) is 8.32. The van der Waals surface area contributed by atoms with E-state index in [-0.39, 0.29) is 11.6 Å². The Kier molecular flexibility index (Phi) is 3.73. The molecule has 8 heteroatoms. The van der Waals surface area contributed by atoms with Crippen LogP contribution in [0.1, 0.15) is 36.2 Å². The van der Waals surface area contributed by atoms with Crippen molar-refractivity contribution in [2.24, 2.45) is 0 Å². The van der Waals surface area contributed by atoms with Crippen molar-refractivity contribution in [1.82, 2.24) is 19.7 Å². The third-order valence-corrected chi connectivity index (χ3v) is 5.28. The maximum absolute atomic E-state index is 12.6. The van der Waals surface area contributed by atoms with Crippen LogP contribution in [0.2, 0.25) is 0 Å². The van der Waals surface area contributed by atoms with E-state index in [4.69, 9.17) is 5.73 Å². The SMILES string of the molecule is CCCc1cc2c(=O)n(C(C)c3nnc(N)s3)cnc2s1. The van der Waals surface area contributed by atoms with Gasteiger partial charge in [0.05, 0.1) is 17.8 Å². The van der Waals surface area contributed by atoms with E-state index in [0.29, 0.717) is 15.5 Å². The van der Waals surface area contributed by atoms with Gasteiger partial charge < -0.3 is 5.73 Å². The molecule has 110 valence electrons. The topological polar surface area (TPSA) is 86.7 Å². The van der Waals surface area contributed by atoms with Crippen molar-refractivity contribution < 1.29 is 0 Å². The molecule has 3 aromatic rings. The van der Waals surface area contributed by atoms with E-state index in [1.807, 2.05) is 13.0 Å². The summed E-state index contributed by atoms with van der Waals surface area (Å²) in [5.74, 6) is 0. The summed E-state index contributed by atoms with van der Waals surface area (Å²) >= 11 is 2.88. The molecule has 3 rings (SSSR count). The molecule has 21 heavy (non-hydrogen) atoms. The van der Waals surface area contributed by atoms with Gasteiger partial charge in [-0.2, -0.15) is 0 Å². The molecule has 3 heterocycles. The van der Waals surface area contributed by atoms with Crippen molar-refractivity contribution in [3.63, 3.8) is 0 Å². The molecule has 2 N–H and O–H groups in total. The summed E-state index contributed by atoms with van der Waals surface area (Å²) < 4.78 is 1.59. The number of aryl methyl sites for hydroxylation is 1. The Labute approximate surface area is 129 Å². The van der Waals surface area contributed by atoms with Crippen molar-refractivity contribution in [2.75, 3.05) is 5.73 Å². The molecule has 0 aliphatic heterocycles. The first-order chi connectivity index (χ1) is 10.1. The number of anilines is 1. The third kappa shape index (κ3) is 2.56. The normalized spacial score (nSPS) is 12.9. The predicted molar refractivity (Wildman–Crippen MR) is 86.0 cm³/mol. The highest BCUT2D eigenvalue weighted by Crippen LogP contribution is 2.25. The lowest BCUT2D eigenvalue weighted by Gasteiger charge is -2.10. The molecule has 0 aromatic carbocycles. The number of hydrogen-bond donors (Lipinski definition) is 1. The molecule has 1 atom stereocenters. The Bertz CT molecular complexity index is 835. The van der Waals surface area contributed by atoms with Gasteiger partial charge in [0.25, 0.3) is 5.56 Å². The third-order valence-electron chi connectivity index (χ3n) is 3.26. The Balaban J connectivity index is 2.07. The van der Waals surface area contributed by atoms with E-state index in [1.54, 1.807) is 22.2 Å². The Morgan fingerprint density at radius 3 is 2.86 bits per heavy atom. The van der Waals surface area contributed by atoms with Crippen LogP contribution in [0.15, 0.2) is 17.2 Å². The fourth-order valence-electron chi connectivity index (χ4n) is 2.17. The Hall–Kier alpha value is -1.80. The minimum atomic E-state index is -0.223. The van der Waals surface area contributed by atoms with Crippen molar-refractivity contribution in [1.29, 1.82) is 0 Å². The Morgan fingerprint density at radius 1 is 1.38 bits per heavy atom. The van der Waals surface area contributed by atoms with Crippen LogP contribution in [0.25, 0.3) is 10.2 Å². The minimum absolute atomic E-state index is 0.0418. The molecule has 6 nitrogen and oxygen atoms in total. The monoisotopic (exact) mass is 321 g/mol. The Morgan fingerprint density at radius 2 is 2.19 bits per heavy atom. The number of nitrogen functional groups attached to an aromatic ring is 1. The number of hydrogen-bond acceptors (Lipinski definition) is 7. The van der Waals surface area contributed by atoms with Crippen molar-refractivity contribution >= 4 is 38.0 Å². The van der Waals surface area contributed by atoms with Crippen LogP contribution in [0.4, 0.5) is 5.13 Å². The van der Waals surface area contributed by atoms with E-state index in [9.17, 15) is 4.79 Å². The molecule has 0 bridgehead atoms. The number of aromatic nitrogens is 4. The van der Waals surface area contributed by atoms with Crippen LogP contribution in [0, 0.1) is 0 Å². The van der Waals surface area contributed by atoms with Gasteiger partial charge in [-0.05, 0) is 19.4 Å². The van der Waals surface area contributed by atoms with E-state index in [2.05, 4.69) is 22.1 Å². The molecule has 0 saturated heterocycles. The van der Waals surface area contributed by atoms with Gasteiger partial charge in [0, 0.05) is 4.88 Å². The van der Waals surface area contributed by atoms with E-state index in [0.717, 1.165) is 17.7 Å². The van der Waals surface area contributed by atoms with Crippen LogP contribution in [0.5, 0.6) is 0 Å². The van der Waals surface area contributed by atoms with Gasteiger partial charge in [-0.3, -0.25) is 9.36 Å². The van der Waals surface area contributed by atoms with E-state index in [1.165, 1.54) is 16.2 Å². The fraction of sp³-hybridized carbons (Fsp3) is 0.385. The molecular weight excluding hydrogens is 306 g/mol. The quantitative estimate of drug-likeness (QED) is 0.797. The first-order valence-electron chi connectivity index (χ1n) is 6.68. The van der Waals surface area contributed by atoms with Gasteiger partial charge in [-0.25, -0.2) is 4.98 Å². The lowest BCUT2D eigenvalue weighted by Crippen LogP contribution is -2.23. The van der Waals surface area contributed by atoms with Crippen LogP contribution in [0.3, 0.4) is 0 Å². The standard InChI is InChI=1S/C13H15N5OS2/c1-3-4-8-5-9-11(20-8)15-6-18(12(9)19)7(2)10-16-17-13(14)21-10/h5-7H,3-4H2,1-2H3,(H2,14,17). The highest BCUT2D eigenvalue weighted by Gasteiger charge is 2.17. The summed E-state index contributed by atoms with van der Waals surface area (Å²) in [5, 5.41) is 9.59. The van der Waals surface area contributed by atoms with Gasteiger partial charge >= 0.3 is 0 Å². The van der Waals surface area contributed by atoms with Crippen LogP contribution in [-0.4, -0.2) is 19.7 Å². The van der Waals surface area contributed by atoms with Gasteiger partial charge in [0.15, 0.2) is 0 Å². The number of rotatable bonds is 4. The van der Waals surface area contributed by atoms with E-state index < -0.39 is 0 Å². The summed E-state index contributed by atoms with van der Waals surface area (Å²) in [6.45, 7) is 4.02. The molecule has 0 radical (unpaired) electrons. The smallest absolute Gasteiger partial charge is 0.262 e. The van der Waals surface area contributed by atoms with Crippen molar-refractivity contribution in [3.8, 4) is 0 Å². The summed E-state index contributed by atoms with van der Waals surface area (Å²) in [5.41, 5.74) is 5.56. The molecule has 0 amide bonds. The van der Waals surface area contributed by atoms with Crippen LogP contribution < -0.4 is 11.3 Å². The summed E-state index contributed by atoms with van der Waals surface area (Å²) in [6, 6.07) is 1.73. The minimum Gasteiger partial charge on any atom is -0.374 e. The zero-order chi connectivity index (χ0) is 15.0. The zero-order valence-corrected chi connectivity index (χ0v) is 13.4. The molecule has 0 aliphatic carbocycles. The second-order valence-corrected chi connectivity index (χ2v) is 6.95. The summed E-state index contributed by atoms with van der Waals surface area (Å²) in [4.78, 5) is 19.0. The first kappa shape index (κ1) is 14.2. The fourth-order valence-corrected chi connectivity index (χ4v) is 3.92. The second kappa shape index (κ2) is 5.53. The number of thiophene rings is 1. The van der Waals surface area contributed by atoms with Crippen molar-refractivity contribution in [3.05, 3.63) is 32.6 Å². The van der Waals surface area contributed by atoms with E-state index >= 15 is 0 Å². The largest absolute Gasteiger partial charge is 0.374 e. The summed E-state index contributed by atoms with van der Waals surface area (Å²) in [6.07, 6.45) is 3.61. The van der Waals surface area contributed by atoms with Gasteiger partial charge in [-0.15, -0.1) is 21.5 Å². The molecule has 0 spiro atoms. The lowest BCUT2D eigenvalue weighted by molar-refractivity contribution is 0.600. The molecule has 0 fully saturated rings. The highest BCUT2D eigenvalue weighted by atomic mass is 32.1. The molecule has 3 aromatic heterocycles. The van der Waals surface area contributed by atoms with Crippen molar-refractivity contribution in [2.45, 2.75) is 32.7 Å². The maximum atomic E-state index is 12.6. The van der Waals surface area contributed by atoms with Gasteiger partial charge in [0.1, 0.15) is 9.84 Å². The van der Waals surface area contributed by atoms with Gasteiger partial charge in [0.2, 0.25) is 5.13 Å². The summed E-state index contributed by atoms with van der Waals surface area (Å²) in [7, 11) is 0. The zero-order valence-electron chi connectivity index (χ0n) is 11.7. The molecule has 0 aliphatic rings. The van der Waals surface area contributed by atoms with Crippen LogP contribution >= 0.6 is 22.7 Å². The number of nitrogens with two attached hydrogens (primary N) is 1. The number of fused-ring (bicyclic) bond motifs is 1. The second-order valence-electron chi connectivity index (χ2n) is 4.79. The average molecular weight is 321 g/mol. The average Bonchev–Trinajstić information content (AvgIpc) is 3.05. The molecular formula is C13H15N5OS2. The lowest BCUT2D eigenvalue weighted by atomic mass is 10.2. The number of nitrogens with zero attached hydrogens (tertiary/aromatic N) is 4. The molecule has 1 unspecified atom stereocenters. The van der Waals surface area contributed by atoms with Crippen LogP contribution in [-0.2, 0) is 6.42 Å². The van der Waals surface area contributed by atoms with Gasteiger partial charge in [-0.1, -0.05) is 24.7 Å². The highest BCUT2D eigenvalue weighted by molar-refractivity contribution is 7.18. The maximum Gasteiger partial charge on any atom is 0.262 e. The molecule has 0 saturated carbocycles.